The van der Waals surface area contributed by atoms with Crippen LogP contribution in [0.25, 0.3) is 0 Å². The first-order valence-corrected chi connectivity index (χ1v) is 5.81. The van der Waals surface area contributed by atoms with Crippen LogP contribution in [0, 0.1) is 5.82 Å². The maximum atomic E-state index is 13.5. The van der Waals surface area contributed by atoms with Gasteiger partial charge in [0.25, 0.3) is 0 Å². The normalized spacial score (nSPS) is 20.8. The van der Waals surface area contributed by atoms with E-state index in [1.807, 2.05) is 0 Å². The lowest BCUT2D eigenvalue weighted by Crippen LogP contribution is -2.38. The topological polar surface area (TPSA) is 24.1 Å². The summed E-state index contributed by atoms with van der Waals surface area (Å²) in [4.78, 5) is 0. The molecular formula is C12H14F4N2. The lowest BCUT2D eigenvalue weighted by molar-refractivity contribution is -0.137. The Bertz CT molecular complexity index is 411. The number of hydrogen-bond donors (Lipinski definition) is 2. The highest BCUT2D eigenvalue weighted by Gasteiger charge is 2.31. The van der Waals surface area contributed by atoms with Gasteiger partial charge in [-0.3, -0.25) is 0 Å². The van der Waals surface area contributed by atoms with Crippen molar-refractivity contribution in [2.45, 2.75) is 25.1 Å². The van der Waals surface area contributed by atoms with Crippen LogP contribution in [-0.2, 0) is 6.18 Å². The highest BCUT2D eigenvalue weighted by atomic mass is 19.4. The molecule has 1 aromatic carbocycles. The van der Waals surface area contributed by atoms with Crippen molar-refractivity contribution in [1.82, 2.24) is 5.32 Å². The van der Waals surface area contributed by atoms with E-state index in [0.717, 1.165) is 37.6 Å². The van der Waals surface area contributed by atoms with Gasteiger partial charge in [0.2, 0.25) is 0 Å². The second-order valence-electron chi connectivity index (χ2n) is 4.38. The summed E-state index contributed by atoms with van der Waals surface area (Å²) in [5.74, 6) is -0.659. The van der Waals surface area contributed by atoms with Crippen molar-refractivity contribution in [3.05, 3.63) is 29.6 Å². The van der Waals surface area contributed by atoms with Crippen molar-refractivity contribution in [3.63, 3.8) is 0 Å². The molecule has 0 aromatic heterocycles. The van der Waals surface area contributed by atoms with Crippen LogP contribution in [0.1, 0.15) is 18.4 Å². The predicted molar refractivity (Wildman–Crippen MR) is 60.9 cm³/mol. The molecule has 2 N–H and O–H groups in total. The average Bonchev–Trinajstić information content (AvgIpc) is 2.32. The van der Waals surface area contributed by atoms with Crippen molar-refractivity contribution >= 4 is 5.69 Å². The number of anilines is 1. The van der Waals surface area contributed by atoms with E-state index in [-0.39, 0.29) is 11.7 Å². The van der Waals surface area contributed by atoms with Gasteiger partial charge in [0.05, 0.1) is 11.3 Å². The molecule has 0 bridgehead atoms. The van der Waals surface area contributed by atoms with Crippen LogP contribution in [0.15, 0.2) is 18.2 Å². The van der Waals surface area contributed by atoms with E-state index in [2.05, 4.69) is 10.6 Å². The average molecular weight is 262 g/mol. The maximum absolute atomic E-state index is 13.5. The van der Waals surface area contributed by atoms with E-state index in [1.165, 1.54) is 0 Å². The number of benzene rings is 1. The second-order valence-corrected chi connectivity index (χ2v) is 4.38. The van der Waals surface area contributed by atoms with Crippen LogP contribution in [0.4, 0.5) is 23.2 Å². The summed E-state index contributed by atoms with van der Waals surface area (Å²) < 4.78 is 51.0. The highest BCUT2D eigenvalue weighted by molar-refractivity contribution is 5.49. The van der Waals surface area contributed by atoms with Crippen LogP contribution in [0.2, 0.25) is 0 Å². The third kappa shape index (κ3) is 3.13. The first kappa shape index (κ1) is 13.1. The molecule has 2 nitrogen and oxygen atoms in total. The molecule has 0 radical (unpaired) electrons. The molecule has 1 heterocycles. The van der Waals surface area contributed by atoms with Crippen molar-refractivity contribution in [2.75, 3.05) is 18.4 Å². The molecule has 1 fully saturated rings. The SMILES string of the molecule is Fc1ccc(C(F)(F)F)cc1NC1CCCNC1. The molecular weight excluding hydrogens is 248 g/mol. The Morgan fingerprint density at radius 2 is 2.06 bits per heavy atom. The van der Waals surface area contributed by atoms with Gasteiger partial charge >= 0.3 is 6.18 Å². The third-order valence-electron chi connectivity index (χ3n) is 2.95. The van der Waals surface area contributed by atoms with Gasteiger partial charge in [0.15, 0.2) is 0 Å². The first-order valence-electron chi connectivity index (χ1n) is 5.81. The molecule has 0 spiro atoms. The van der Waals surface area contributed by atoms with Gasteiger partial charge in [-0.05, 0) is 37.6 Å². The zero-order valence-corrected chi connectivity index (χ0v) is 9.65. The molecule has 1 saturated heterocycles. The Morgan fingerprint density at radius 1 is 1.28 bits per heavy atom. The summed E-state index contributed by atoms with van der Waals surface area (Å²) in [6, 6.07) is 2.39. The molecule has 1 unspecified atom stereocenters. The largest absolute Gasteiger partial charge is 0.416 e. The smallest absolute Gasteiger partial charge is 0.379 e. The Kier molecular flexibility index (Phi) is 3.75. The summed E-state index contributed by atoms with van der Waals surface area (Å²) in [6.07, 6.45) is -2.70. The number of rotatable bonds is 2. The number of alkyl halides is 3. The molecule has 1 atom stereocenters. The van der Waals surface area contributed by atoms with Gasteiger partial charge in [-0.1, -0.05) is 0 Å². The first-order chi connectivity index (χ1) is 8.47. The van der Waals surface area contributed by atoms with Gasteiger partial charge in [-0.25, -0.2) is 4.39 Å². The van der Waals surface area contributed by atoms with E-state index in [0.29, 0.717) is 6.54 Å². The minimum atomic E-state index is -4.45. The molecule has 0 amide bonds. The predicted octanol–water partition coefficient (Wildman–Crippen LogP) is 3.01. The quantitative estimate of drug-likeness (QED) is 0.801. The number of nitrogens with one attached hydrogen (secondary N) is 2. The third-order valence-corrected chi connectivity index (χ3v) is 2.95. The maximum Gasteiger partial charge on any atom is 0.416 e. The minimum absolute atomic E-state index is 0.0308. The molecule has 100 valence electrons. The highest BCUT2D eigenvalue weighted by Crippen LogP contribution is 2.32. The molecule has 2 rings (SSSR count). The lowest BCUT2D eigenvalue weighted by Gasteiger charge is -2.25. The number of hydrogen-bond acceptors (Lipinski definition) is 2. The Morgan fingerprint density at radius 3 is 2.67 bits per heavy atom. The standard InChI is InChI=1S/C12H14F4N2/c13-10-4-3-8(12(14,15)16)6-11(10)18-9-2-1-5-17-7-9/h3-4,6,9,17-18H,1-2,5,7H2. The van der Waals surface area contributed by atoms with Gasteiger partial charge in [0.1, 0.15) is 5.82 Å². The fourth-order valence-corrected chi connectivity index (χ4v) is 2.01. The van der Waals surface area contributed by atoms with Crippen molar-refractivity contribution in [2.24, 2.45) is 0 Å². The van der Waals surface area contributed by atoms with E-state index in [1.54, 1.807) is 0 Å². The van der Waals surface area contributed by atoms with E-state index in [9.17, 15) is 17.6 Å². The summed E-state index contributed by atoms with van der Waals surface area (Å²) in [7, 11) is 0. The Labute approximate surface area is 102 Å². The van der Waals surface area contributed by atoms with Crippen molar-refractivity contribution in [3.8, 4) is 0 Å². The van der Waals surface area contributed by atoms with Crippen molar-refractivity contribution in [1.29, 1.82) is 0 Å². The minimum Gasteiger partial charge on any atom is -0.379 e. The Hall–Kier alpha value is -1.30. The fraction of sp³-hybridized carbons (Fsp3) is 0.500. The molecule has 1 aliphatic heterocycles. The monoisotopic (exact) mass is 262 g/mol. The van der Waals surface area contributed by atoms with Crippen LogP contribution in [-0.4, -0.2) is 19.1 Å². The van der Waals surface area contributed by atoms with Gasteiger partial charge in [-0.2, -0.15) is 13.2 Å². The molecule has 6 heteroatoms. The van der Waals surface area contributed by atoms with Gasteiger partial charge < -0.3 is 10.6 Å². The van der Waals surface area contributed by atoms with Crippen LogP contribution in [0.5, 0.6) is 0 Å². The molecule has 0 saturated carbocycles. The van der Waals surface area contributed by atoms with Crippen LogP contribution >= 0.6 is 0 Å². The summed E-state index contributed by atoms with van der Waals surface area (Å²) in [5, 5.41) is 5.94. The zero-order valence-electron chi connectivity index (χ0n) is 9.65. The number of piperidine rings is 1. The molecule has 0 aliphatic carbocycles. The zero-order chi connectivity index (χ0) is 13.2. The van der Waals surface area contributed by atoms with Gasteiger partial charge in [0, 0.05) is 12.6 Å². The Balaban J connectivity index is 2.15. The molecule has 18 heavy (non-hydrogen) atoms. The van der Waals surface area contributed by atoms with E-state index in [4.69, 9.17) is 0 Å². The summed E-state index contributed by atoms with van der Waals surface area (Å²) in [5.41, 5.74) is -0.923. The van der Waals surface area contributed by atoms with E-state index >= 15 is 0 Å². The second kappa shape index (κ2) is 5.14. The van der Waals surface area contributed by atoms with E-state index < -0.39 is 17.6 Å². The van der Waals surface area contributed by atoms with Crippen LogP contribution in [0.3, 0.4) is 0 Å². The van der Waals surface area contributed by atoms with Crippen molar-refractivity contribution < 1.29 is 17.6 Å². The molecule has 1 aliphatic rings. The summed E-state index contributed by atoms with van der Waals surface area (Å²) >= 11 is 0. The molecule has 1 aromatic rings. The van der Waals surface area contributed by atoms with Crippen LogP contribution < -0.4 is 10.6 Å². The number of halogens is 4. The summed E-state index contributed by atoms with van der Waals surface area (Å²) in [6.45, 7) is 1.53. The lowest BCUT2D eigenvalue weighted by atomic mass is 10.1. The van der Waals surface area contributed by atoms with Gasteiger partial charge in [-0.15, -0.1) is 0 Å². The fourth-order valence-electron chi connectivity index (χ4n) is 2.01.